The quantitative estimate of drug-likeness (QED) is 0.232. The molecular formula is C34H45N3O11S. The van der Waals surface area contributed by atoms with E-state index >= 15 is 0 Å². The van der Waals surface area contributed by atoms with Crippen LogP contribution >= 0.6 is 0 Å². The van der Waals surface area contributed by atoms with Crippen molar-refractivity contribution in [2.45, 2.75) is 69.5 Å². The van der Waals surface area contributed by atoms with Gasteiger partial charge in [-0.3, -0.25) is 0 Å². The molecule has 0 radical (unpaired) electrons. The fraction of sp³-hybridized carbons (Fsp3) is 0.529. The first kappa shape index (κ1) is 36.4. The second kappa shape index (κ2) is 15.8. The lowest BCUT2D eigenvalue weighted by Gasteiger charge is -2.35. The van der Waals surface area contributed by atoms with E-state index in [0.29, 0.717) is 30.9 Å². The predicted molar refractivity (Wildman–Crippen MR) is 176 cm³/mol. The van der Waals surface area contributed by atoms with Crippen LogP contribution in [0.3, 0.4) is 0 Å². The summed E-state index contributed by atoms with van der Waals surface area (Å²) in [6.45, 7) is 9.29. The summed E-state index contributed by atoms with van der Waals surface area (Å²) in [5.74, 6) is 0.873. The van der Waals surface area contributed by atoms with Crippen LogP contribution in [0.2, 0.25) is 0 Å². The van der Waals surface area contributed by atoms with E-state index in [1.165, 1.54) is 22.5 Å². The van der Waals surface area contributed by atoms with Crippen molar-refractivity contribution in [3.63, 3.8) is 0 Å². The second-order valence-electron chi connectivity index (χ2n) is 13.2. The molecule has 14 nitrogen and oxygen atoms in total. The number of ether oxygens (including phenoxy) is 6. The molecule has 0 bridgehead atoms. The largest absolute Gasteiger partial charge is 0.454 e. The Labute approximate surface area is 286 Å². The third kappa shape index (κ3) is 9.63. The van der Waals surface area contributed by atoms with Crippen LogP contribution in [-0.2, 0) is 35.4 Å². The van der Waals surface area contributed by atoms with Crippen molar-refractivity contribution in [3.05, 3.63) is 66.4 Å². The van der Waals surface area contributed by atoms with E-state index in [4.69, 9.17) is 28.4 Å². The van der Waals surface area contributed by atoms with Gasteiger partial charge in [-0.15, -0.1) is 0 Å². The van der Waals surface area contributed by atoms with Crippen molar-refractivity contribution in [1.29, 1.82) is 0 Å². The van der Waals surface area contributed by atoms with Crippen molar-refractivity contribution in [2.75, 3.05) is 39.6 Å². The average Bonchev–Trinajstić information content (AvgIpc) is 3.79. The SMILES string of the molecule is C=C(C)OC(=O)NCCC(C)(C)CN(C[C@@H](O)[C@H](Cc1ccccc1)NC(=O)O[C@H]1CO[C@H]2OCC[C@H]21)S(=O)(=O)c1ccc2c(c1)OCO2. The minimum atomic E-state index is -4.23. The van der Waals surface area contributed by atoms with Gasteiger partial charge in [-0.2, -0.15) is 4.31 Å². The molecule has 0 aliphatic carbocycles. The molecule has 49 heavy (non-hydrogen) atoms. The van der Waals surface area contributed by atoms with Crippen molar-refractivity contribution in [2.24, 2.45) is 11.3 Å². The van der Waals surface area contributed by atoms with Crippen LogP contribution in [0.15, 0.2) is 65.8 Å². The van der Waals surface area contributed by atoms with Crippen LogP contribution in [0.1, 0.15) is 39.2 Å². The zero-order chi connectivity index (χ0) is 35.2. The average molecular weight is 704 g/mol. The number of carbonyl (C=O) groups excluding carboxylic acids is 2. The second-order valence-corrected chi connectivity index (χ2v) is 15.2. The van der Waals surface area contributed by atoms with E-state index in [9.17, 15) is 23.1 Å². The van der Waals surface area contributed by atoms with Gasteiger partial charge in [0.2, 0.25) is 16.8 Å². The molecular weight excluding hydrogens is 658 g/mol. The summed E-state index contributed by atoms with van der Waals surface area (Å²) in [4.78, 5) is 25.2. The normalized spacial score (nSPS) is 21.1. The minimum Gasteiger partial charge on any atom is -0.454 e. The van der Waals surface area contributed by atoms with E-state index in [1.54, 1.807) is 6.92 Å². The van der Waals surface area contributed by atoms with Gasteiger partial charge in [-0.05, 0) is 49.3 Å². The number of hydrogen-bond donors (Lipinski definition) is 3. The first-order valence-electron chi connectivity index (χ1n) is 16.2. The highest BCUT2D eigenvalue weighted by Crippen LogP contribution is 2.36. The lowest BCUT2D eigenvalue weighted by atomic mass is 9.89. The third-order valence-electron chi connectivity index (χ3n) is 8.62. The van der Waals surface area contributed by atoms with Gasteiger partial charge in [0, 0.05) is 25.7 Å². The van der Waals surface area contributed by atoms with Gasteiger partial charge in [-0.25, -0.2) is 18.0 Å². The lowest BCUT2D eigenvalue weighted by Crippen LogP contribution is -2.52. The Hall–Kier alpha value is -3.89. The molecule has 3 aliphatic heterocycles. The molecule has 2 amide bonds. The van der Waals surface area contributed by atoms with Crippen molar-refractivity contribution in [3.8, 4) is 11.5 Å². The molecule has 3 N–H and O–H groups in total. The smallest absolute Gasteiger partial charge is 0.412 e. The Bertz CT molecular complexity index is 1590. The monoisotopic (exact) mass is 703 g/mol. The molecule has 2 aromatic carbocycles. The van der Waals surface area contributed by atoms with Crippen LogP contribution in [0.25, 0.3) is 0 Å². The summed E-state index contributed by atoms with van der Waals surface area (Å²) < 4.78 is 62.3. The van der Waals surface area contributed by atoms with Gasteiger partial charge >= 0.3 is 12.2 Å². The molecule has 2 fully saturated rings. The van der Waals surface area contributed by atoms with Gasteiger partial charge in [-0.1, -0.05) is 50.8 Å². The highest BCUT2D eigenvalue weighted by Gasteiger charge is 2.44. The van der Waals surface area contributed by atoms with Crippen molar-refractivity contribution in [1.82, 2.24) is 14.9 Å². The molecule has 268 valence electrons. The van der Waals surface area contributed by atoms with Crippen LogP contribution in [0, 0.1) is 11.3 Å². The van der Waals surface area contributed by atoms with Gasteiger partial charge in [0.05, 0.1) is 41.9 Å². The molecule has 15 heteroatoms. The predicted octanol–water partition coefficient (Wildman–Crippen LogP) is 3.54. The molecule has 0 aromatic heterocycles. The summed E-state index contributed by atoms with van der Waals surface area (Å²) in [6.07, 6.45) is -2.42. The van der Waals surface area contributed by atoms with Gasteiger partial charge < -0.3 is 44.2 Å². The zero-order valence-corrected chi connectivity index (χ0v) is 28.8. The summed E-state index contributed by atoms with van der Waals surface area (Å²) in [6, 6.07) is 12.6. The number of rotatable bonds is 15. The number of amides is 2. The number of aliphatic hydroxyl groups is 1. The molecule has 3 aliphatic rings. The number of carbonyl (C=O) groups is 2. The number of aliphatic hydroxyl groups excluding tert-OH is 1. The van der Waals surface area contributed by atoms with Crippen LogP contribution in [-0.4, -0.2) is 94.2 Å². The fourth-order valence-corrected chi connectivity index (χ4v) is 7.71. The number of nitrogens with one attached hydrogen (secondary N) is 2. The number of nitrogens with zero attached hydrogens (tertiary/aromatic N) is 1. The van der Waals surface area contributed by atoms with Crippen molar-refractivity contribution >= 4 is 22.2 Å². The minimum absolute atomic E-state index is 0.0283. The third-order valence-corrected chi connectivity index (χ3v) is 10.4. The summed E-state index contributed by atoms with van der Waals surface area (Å²) in [7, 11) is -4.23. The molecule has 3 heterocycles. The maximum Gasteiger partial charge on any atom is 0.412 e. The Morgan fingerprint density at radius 1 is 1.10 bits per heavy atom. The Kier molecular flexibility index (Phi) is 11.7. The highest BCUT2D eigenvalue weighted by molar-refractivity contribution is 7.89. The Morgan fingerprint density at radius 3 is 2.61 bits per heavy atom. The number of allylic oxidation sites excluding steroid dienone is 1. The van der Waals surface area contributed by atoms with E-state index < -0.39 is 52.2 Å². The van der Waals surface area contributed by atoms with E-state index in [0.717, 1.165) is 5.56 Å². The summed E-state index contributed by atoms with van der Waals surface area (Å²) in [5, 5.41) is 17.2. The molecule has 0 spiro atoms. The van der Waals surface area contributed by atoms with Gasteiger partial charge in [0.25, 0.3) is 0 Å². The first-order valence-corrected chi connectivity index (χ1v) is 17.7. The van der Waals surface area contributed by atoms with Crippen LogP contribution < -0.4 is 20.1 Å². The maximum absolute atomic E-state index is 14.3. The van der Waals surface area contributed by atoms with Crippen molar-refractivity contribution < 1.29 is 51.5 Å². The van der Waals surface area contributed by atoms with Crippen LogP contribution in [0.5, 0.6) is 11.5 Å². The van der Waals surface area contributed by atoms with E-state index in [1.807, 2.05) is 44.2 Å². The molecule has 5 atom stereocenters. The van der Waals surface area contributed by atoms with E-state index in [2.05, 4.69) is 17.2 Å². The number of benzene rings is 2. The van der Waals surface area contributed by atoms with Crippen LogP contribution in [0.4, 0.5) is 9.59 Å². The number of sulfonamides is 1. The zero-order valence-electron chi connectivity index (χ0n) is 28.0. The first-order chi connectivity index (χ1) is 23.3. The molecule has 0 saturated carbocycles. The maximum atomic E-state index is 14.3. The fourth-order valence-electron chi connectivity index (χ4n) is 6.05. The number of fused-ring (bicyclic) bond motifs is 2. The van der Waals surface area contributed by atoms with Gasteiger partial charge in [0.1, 0.15) is 6.10 Å². The summed E-state index contributed by atoms with van der Waals surface area (Å²) in [5.41, 5.74) is 0.127. The molecule has 5 rings (SSSR count). The molecule has 2 aromatic rings. The Morgan fingerprint density at radius 2 is 1.86 bits per heavy atom. The molecule has 0 unspecified atom stereocenters. The summed E-state index contributed by atoms with van der Waals surface area (Å²) >= 11 is 0. The topological polar surface area (TPSA) is 171 Å². The Balaban J connectivity index is 1.35. The highest BCUT2D eigenvalue weighted by atomic mass is 32.2. The number of alkyl carbamates (subject to hydrolysis) is 2. The lowest BCUT2D eigenvalue weighted by molar-refractivity contribution is -0.0907. The molecule has 2 saturated heterocycles. The van der Waals surface area contributed by atoms with E-state index in [-0.39, 0.29) is 56.0 Å². The van der Waals surface area contributed by atoms with Gasteiger partial charge in [0.15, 0.2) is 17.8 Å². The number of hydrogen-bond acceptors (Lipinski definition) is 11. The standard InChI is InChI=1S/C34H45N3O11S/c1-22(2)47-32(39)35-14-13-34(3,4)20-37(49(41,42)24-10-11-28-29(17-24)46-21-45-28)18-27(38)26(16-23-8-6-5-7-9-23)36-33(40)48-30-19-44-31-25(30)12-15-43-31/h5-11,17,25-27,30-31,38H,1,12-16,18-21H2,2-4H3,(H,35,39)(H,36,40)/t25-,26-,27+,30-,31+/m0/s1.